The van der Waals surface area contributed by atoms with Gasteiger partial charge in [-0.05, 0) is 83.7 Å². The highest BCUT2D eigenvalue weighted by Gasteiger charge is 2.28. The van der Waals surface area contributed by atoms with Crippen LogP contribution in [0.2, 0.25) is 0 Å². The lowest BCUT2D eigenvalue weighted by Crippen LogP contribution is -2.48. The van der Waals surface area contributed by atoms with Gasteiger partial charge in [0.15, 0.2) is 0 Å². The lowest BCUT2D eigenvalue weighted by Gasteiger charge is -2.36. The zero-order chi connectivity index (χ0) is 34.0. The van der Waals surface area contributed by atoms with Crippen LogP contribution in [0.1, 0.15) is 26.5 Å². The first kappa shape index (κ1) is 32.1. The number of carbonyl (C=O) groups is 1. The van der Waals surface area contributed by atoms with Crippen LogP contribution in [0.3, 0.4) is 0 Å². The molecule has 4 aromatic carbocycles. The number of sulfonamides is 1. The van der Waals surface area contributed by atoms with Crippen molar-refractivity contribution >= 4 is 48.7 Å². The summed E-state index contributed by atoms with van der Waals surface area (Å²) in [6.45, 7) is 2.83. The first-order valence-corrected chi connectivity index (χ1v) is 17.9. The van der Waals surface area contributed by atoms with Crippen molar-refractivity contribution in [3.8, 4) is 6.07 Å². The third-order valence-corrected chi connectivity index (χ3v) is 11.5. The van der Waals surface area contributed by atoms with Crippen molar-refractivity contribution in [3.63, 3.8) is 0 Å². The zero-order valence-corrected chi connectivity index (χ0v) is 27.9. The summed E-state index contributed by atoms with van der Waals surface area (Å²) in [5.74, 6) is -0.348. The number of hydrogen-bond donors (Lipinski definition) is 0. The Kier molecular flexibility index (Phi) is 8.86. The molecule has 12 heteroatoms. The van der Waals surface area contributed by atoms with E-state index in [-0.39, 0.29) is 23.2 Å². The van der Waals surface area contributed by atoms with Gasteiger partial charge in [-0.1, -0.05) is 30.3 Å². The van der Waals surface area contributed by atoms with Gasteiger partial charge < -0.3 is 14.4 Å². The highest BCUT2D eigenvalue weighted by molar-refractivity contribution is 7.92. The number of imidazole rings is 1. The predicted molar refractivity (Wildman–Crippen MR) is 189 cm³/mol. The number of thiophene rings is 1. The lowest BCUT2D eigenvalue weighted by atomic mass is 10.1. The molecule has 0 spiro atoms. The SMILES string of the molecule is N#Cc1ccc(Cn2cncc2CN(c2ccc3sc(C(=O)N4CCN(c5ccc(F)cc5)CC4)cc3c2)S(=O)(=O)c2ccccc2)cc1. The number of aromatic nitrogens is 2. The third kappa shape index (κ3) is 6.76. The van der Waals surface area contributed by atoms with Crippen molar-refractivity contribution in [2.24, 2.45) is 0 Å². The largest absolute Gasteiger partial charge is 0.368 e. The summed E-state index contributed by atoms with van der Waals surface area (Å²) in [5.41, 5.74) is 3.59. The molecule has 246 valence electrons. The second-order valence-electron chi connectivity index (χ2n) is 11.7. The van der Waals surface area contributed by atoms with Gasteiger partial charge in [0.1, 0.15) is 5.82 Å². The molecule has 49 heavy (non-hydrogen) atoms. The van der Waals surface area contributed by atoms with Crippen molar-refractivity contribution < 1.29 is 17.6 Å². The number of benzene rings is 4. The molecule has 1 aliphatic heterocycles. The first-order valence-electron chi connectivity index (χ1n) is 15.7. The maximum absolute atomic E-state index is 14.2. The van der Waals surface area contributed by atoms with E-state index < -0.39 is 10.0 Å². The molecule has 2 aromatic heterocycles. The van der Waals surface area contributed by atoms with Crippen LogP contribution < -0.4 is 9.21 Å². The van der Waals surface area contributed by atoms with Crippen LogP contribution in [0, 0.1) is 17.1 Å². The van der Waals surface area contributed by atoms with Gasteiger partial charge in [-0.25, -0.2) is 17.8 Å². The van der Waals surface area contributed by atoms with Gasteiger partial charge in [0.05, 0.1) is 45.7 Å². The topological polar surface area (TPSA) is 103 Å². The Balaban J connectivity index is 1.15. The minimum absolute atomic E-state index is 0.0211. The number of rotatable bonds is 9. The molecule has 9 nitrogen and oxygen atoms in total. The molecule has 0 unspecified atom stereocenters. The molecule has 1 amide bonds. The summed E-state index contributed by atoms with van der Waals surface area (Å²) in [5, 5.41) is 9.93. The number of hydrogen-bond acceptors (Lipinski definition) is 7. The van der Waals surface area contributed by atoms with E-state index in [4.69, 9.17) is 5.26 Å². The fourth-order valence-corrected chi connectivity index (χ4v) is 8.41. The number of halogens is 1. The molecule has 0 saturated carbocycles. The van der Waals surface area contributed by atoms with E-state index >= 15 is 0 Å². The summed E-state index contributed by atoms with van der Waals surface area (Å²) in [6.07, 6.45) is 3.33. The number of anilines is 2. The summed E-state index contributed by atoms with van der Waals surface area (Å²) in [7, 11) is -4.00. The van der Waals surface area contributed by atoms with E-state index in [1.165, 1.54) is 27.8 Å². The standard InChI is InChI=1S/C37H31FN6O3S2/c38-30-10-12-31(13-11-30)41-16-18-42(19-17-41)37(45)36-21-29-20-32(14-15-35(29)48-36)44(49(46,47)34-4-2-1-3-5-34)25-33-23-40-26-43(33)24-28-8-6-27(22-39)7-9-28/h1-15,20-21,23,26H,16-19,24-25H2. The maximum Gasteiger partial charge on any atom is 0.264 e. The molecule has 1 aliphatic rings. The van der Waals surface area contributed by atoms with Crippen LogP contribution in [0.4, 0.5) is 15.8 Å². The fourth-order valence-electron chi connectivity index (χ4n) is 5.95. The van der Waals surface area contributed by atoms with Gasteiger partial charge >= 0.3 is 0 Å². The Bertz CT molecular complexity index is 2260. The van der Waals surface area contributed by atoms with E-state index in [1.807, 2.05) is 39.8 Å². The van der Waals surface area contributed by atoms with Crippen molar-refractivity contribution in [2.75, 3.05) is 35.4 Å². The molecule has 1 saturated heterocycles. The molecule has 1 fully saturated rings. The van der Waals surface area contributed by atoms with Gasteiger partial charge in [0.25, 0.3) is 15.9 Å². The summed E-state index contributed by atoms with van der Waals surface area (Å²) in [6, 6.07) is 31.3. The Morgan fingerprint density at radius 1 is 0.918 bits per heavy atom. The van der Waals surface area contributed by atoms with Crippen LogP contribution in [0.5, 0.6) is 0 Å². The van der Waals surface area contributed by atoms with Crippen LogP contribution in [-0.4, -0.2) is 55.0 Å². The minimum Gasteiger partial charge on any atom is -0.368 e. The maximum atomic E-state index is 14.2. The fraction of sp³-hybridized carbons (Fsp3) is 0.162. The lowest BCUT2D eigenvalue weighted by molar-refractivity contribution is 0.0751. The quantitative estimate of drug-likeness (QED) is 0.171. The molecular weight excluding hydrogens is 660 g/mol. The van der Waals surface area contributed by atoms with Gasteiger partial charge in [-0.3, -0.25) is 9.10 Å². The first-order chi connectivity index (χ1) is 23.8. The highest BCUT2D eigenvalue weighted by Crippen LogP contribution is 2.34. The number of fused-ring (bicyclic) bond motifs is 1. The number of amides is 1. The molecule has 7 rings (SSSR count). The van der Waals surface area contributed by atoms with Crippen LogP contribution in [0.25, 0.3) is 10.1 Å². The highest BCUT2D eigenvalue weighted by atomic mass is 32.2. The Morgan fingerprint density at radius 3 is 2.37 bits per heavy atom. The van der Waals surface area contributed by atoms with E-state index in [9.17, 15) is 17.6 Å². The third-order valence-electron chi connectivity index (χ3n) is 8.63. The number of nitriles is 1. The monoisotopic (exact) mass is 690 g/mol. The molecule has 0 N–H and O–H groups in total. The molecule has 0 bridgehead atoms. The van der Waals surface area contributed by atoms with Crippen molar-refractivity contribution in [1.29, 1.82) is 5.26 Å². The number of carbonyl (C=O) groups excluding carboxylic acids is 1. The summed E-state index contributed by atoms with van der Waals surface area (Å²) in [4.78, 5) is 22.6. The molecular formula is C37H31FN6O3S2. The van der Waals surface area contributed by atoms with Crippen molar-refractivity contribution in [1.82, 2.24) is 14.5 Å². The molecule has 0 atom stereocenters. The summed E-state index contributed by atoms with van der Waals surface area (Å²) >= 11 is 1.39. The van der Waals surface area contributed by atoms with Crippen molar-refractivity contribution in [3.05, 3.63) is 143 Å². The second kappa shape index (κ2) is 13.5. The average molecular weight is 691 g/mol. The zero-order valence-electron chi connectivity index (χ0n) is 26.3. The van der Waals surface area contributed by atoms with Gasteiger partial charge in [-0.2, -0.15) is 5.26 Å². The molecule has 3 heterocycles. The Morgan fingerprint density at radius 2 is 1.65 bits per heavy atom. The predicted octanol–water partition coefficient (Wildman–Crippen LogP) is 6.51. The smallest absolute Gasteiger partial charge is 0.264 e. The molecule has 0 radical (unpaired) electrons. The summed E-state index contributed by atoms with van der Waals surface area (Å²) < 4.78 is 45.9. The van der Waals surface area contributed by atoms with Crippen molar-refractivity contribution in [2.45, 2.75) is 18.0 Å². The second-order valence-corrected chi connectivity index (χ2v) is 14.7. The van der Waals surface area contributed by atoms with E-state index in [1.54, 1.807) is 73.2 Å². The van der Waals surface area contributed by atoms with Gasteiger partial charge in [-0.15, -0.1) is 11.3 Å². The average Bonchev–Trinajstić information content (AvgIpc) is 3.77. The van der Waals surface area contributed by atoms with E-state index in [2.05, 4.69) is 16.0 Å². The van der Waals surface area contributed by atoms with Gasteiger partial charge in [0, 0.05) is 49.3 Å². The molecule has 6 aromatic rings. The van der Waals surface area contributed by atoms with E-state index in [0.717, 1.165) is 21.3 Å². The minimum atomic E-state index is -4.00. The molecule has 0 aliphatic carbocycles. The normalized spacial score (nSPS) is 13.4. The van der Waals surface area contributed by atoms with Gasteiger partial charge in [0.2, 0.25) is 0 Å². The number of nitrogens with zero attached hydrogens (tertiary/aromatic N) is 6. The Hall–Kier alpha value is -5.51. The van der Waals surface area contributed by atoms with E-state index in [0.29, 0.717) is 54.5 Å². The van der Waals surface area contributed by atoms with Crippen LogP contribution in [0.15, 0.2) is 121 Å². The number of piperazine rings is 1. The Labute approximate surface area is 287 Å². The van der Waals surface area contributed by atoms with Crippen LogP contribution in [-0.2, 0) is 23.1 Å². The van der Waals surface area contributed by atoms with Crippen LogP contribution >= 0.6 is 11.3 Å².